The van der Waals surface area contributed by atoms with Crippen molar-refractivity contribution in [2.24, 2.45) is 0 Å². The number of nitrogens with zero attached hydrogens (tertiary/aromatic N) is 5. The maximum atomic E-state index is 6.45. The molecule has 2 aliphatic rings. The number of para-hydroxylation sites is 5. The minimum absolute atomic E-state index is 0.831. The summed E-state index contributed by atoms with van der Waals surface area (Å²) >= 11 is -4.07. The van der Waals surface area contributed by atoms with Gasteiger partial charge >= 0.3 is 296 Å². The van der Waals surface area contributed by atoms with E-state index < -0.39 is 13.7 Å². The Hall–Kier alpha value is -6.38. The molecule has 0 saturated carbocycles. The summed E-state index contributed by atoms with van der Waals surface area (Å²) in [6.45, 7) is 8.57. The molecule has 0 N–H and O–H groups in total. The standard InChI is InChI=1S/C44H27GeN5O/c1-3-27-28(4-2)32-15-12-17-34-42(32)41-31(27)14-11-16-33(41)45(34)49-37-20-8-6-18-35(37)46-43(49)48(44-47-36-19-7-9-21-38(36)50(44)45)26-23-24-30-29-13-5-10-22-39(29)51-40(30)25-26/h3-25H,1-2H2. The van der Waals surface area contributed by atoms with Gasteiger partial charge in [0.05, 0.1) is 0 Å². The van der Waals surface area contributed by atoms with E-state index in [-0.39, 0.29) is 0 Å². The van der Waals surface area contributed by atoms with Gasteiger partial charge in [-0.15, -0.1) is 0 Å². The van der Waals surface area contributed by atoms with Crippen molar-refractivity contribution in [3.8, 4) is 0 Å². The summed E-state index contributed by atoms with van der Waals surface area (Å²) in [7, 11) is 0. The molecular formula is C44H27GeN5O. The molecule has 0 atom stereocenters. The molecule has 3 aromatic heterocycles. The van der Waals surface area contributed by atoms with E-state index in [1.165, 1.54) is 30.3 Å². The number of furan rings is 1. The third-order valence-electron chi connectivity index (χ3n) is 11.2. The summed E-state index contributed by atoms with van der Waals surface area (Å²) in [4.78, 5) is 13.2. The Morgan fingerprint density at radius 1 is 0.529 bits per heavy atom. The molecule has 5 heterocycles. The molecule has 12 rings (SSSR count). The topological polar surface area (TPSA) is 52.0 Å². The summed E-state index contributed by atoms with van der Waals surface area (Å²) in [6.07, 6.45) is 3.99. The summed E-state index contributed by atoms with van der Waals surface area (Å²) in [6, 6.07) is 45.6. The first-order valence-electron chi connectivity index (χ1n) is 17.2. The maximum absolute atomic E-state index is 6.45. The zero-order chi connectivity index (χ0) is 33.6. The van der Waals surface area contributed by atoms with E-state index >= 15 is 0 Å². The Kier molecular flexibility index (Phi) is 5.08. The predicted octanol–water partition coefficient (Wildman–Crippen LogP) is 9.63. The summed E-state index contributed by atoms with van der Waals surface area (Å²) in [5.74, 6) is 1.73. The van der Waals surface area contributed by atoms with Gasteiger partial charge in [-0.25, -0.2) is 0 Å². The molecule has 7 aromatic carbocycles. The van der Waals surface area contributed by atoms with Crippen LogP contribution < -0.4 is 13.7 Å². The number of anilines is 3. The van der Waals surface area contributed by atoms with Crippen LogP contribution in [0.5, 0.6) is 0 Å². The molecular weight excluding hydrogens is 687 g/mol. The van der Waals surface area contributed by atoms with Gasteiger partial charge in [0, 0.05) is 0 Å². The number of aromatic nitrogens is 4. The average Bonchev–Trinajstić information content (AvgIpc) is 3.93. The van der Waals surface area contributed by atoms with Crippen molar-refractivity contribution in [2.75, 3.05) is 4.90 Å². The predicted molar refractivity (Wildman–Crippen MR) is 212 cm³/mol. The van der Waals surface area contributed by atoms with Crippen molar-refractivity contribution in [3.63, 3.8) is 0 Å². The Morgan fingerprint density at radius 3 is 1.67 bits per heavy atom. The van der Waals surface area contributed by atoms with E-state index in [9.17, 15) is 0 Å². The van der Waals surface area contributed by atoms with Crippen LogP contribution in [0.3, 0.4) is 0 Å². The molecule has 0 amide bonds. The van der Waals surface area contributed by atoms with E-state index in [1.54, 1.807) is 0 Å². The fourth-order valence-electron chi connectivity index (χ4n) is 9.27. The molecule has 6 nitrogen and oxygen atoms in total. The molecule has 238 valence electrons. The minimum atomic E-state index is -4.07. The van der Waals surface area contributed by atoms with Gasteiger partial charge in [-0.3, -0.25) is 0 Å². The van der Waals surface area contributed by atoms with E-state index in [1.807, 2.05) is 24.3 Å². The second kappa shape index (κ2) is 9.44. The zero-order valence-electron chi connectivity index (χ0n) is 27.3. The molecule has 0 aliphatic carbocycles. The van der Waals surface area contributed by atoms with Crippen molar-refractivity contribution >= 4 is 118 Å². The van der Waals surface area contributed by atoms with Crippen LogP contribution in [-0.4, -0.2) is 30.7 Å². The SMILES string of the molecule is C=Cc1c(C=C)c2ccc[c]3c2c2[c](cccc12)[Ge]31[n]2c(nc3ccccc32)N(c2ccc3c(c2)oc2ccccc23)c2nc3ccccc3[n]21. The molecule has 2 aliphatic heterocycles. The van der Waals surface area contributed by atoms with E-state index in [0.29, 0.717) is 0 Å². The fourth-order valence-corrected chi connectivity index (χ4v) is 20.4. The number of rotatable bonds is 3. The van der Waals surface area contributed by atoms with Crippen molar-refractivity contribution in [2.45, 2.75) is 0 Å². The number of benzene rings is 7. The first-order chi connectivity index (χ1) is 25.2. The Morgan fingerprint density at radius 2 is 1.06 bits per heavy atom. The number of imidazole rings is 2. The third-order valence-corrected chi connectivity index (χ3v) is 20.6. The van der Waals surface area contributed by atoms with Crippen LogP contribution >= 0.6 is 0 Å². The van der Waals surface area contributed by atoms with Crippen LogP contribution in [-0.2, 0) is 0 Å². The van der Waals surface area contributed by atoms with Gasteiger partial charge in [0.1, 0.15) is 0 Å². The van der Waals surface area contributed by atoms with Crippen LogP contribution in [0.15, 0.2) is 145 Å². The van der Waals surface area contributed by atoms with E-state index in [4.69, 9.17) is 14.4 Å². The van der Waals surface area contributed by atoms with E-state index in [0.717, 1.165) is 72.7 Å². The second-order valence-electron chi connectivity index (χ2n) is 13.5. The molecule has 0 bridgehead atoms. The molecule has 7 heteroatoms. The van der Waals surface area contributed by atoms with Crippen LogP contribution in [0.1, 0.15) is 11.1 Å². The van der Waals surface area contributed by atoms with Crippen molar-refractivity contribution in [3.05, 3.63) is 152 Å². The Labute approximate surface area is 294 Å². The van der Waals surface area contributed by atoms with E-state index in [2.05, 4.69) is 140 Å². The summed E-state index contributed by atoms with van der Waals surface area (Å²) < 4.78 is 14.4. The second-order valence-corrected chi connectivity index (χ2v) is 20.4. The first kappa shape index (κ1) is 27.4. The van der Waals surface area contributed by atoms with Crippen LogP contribution in [0, 0.1) is 0 Å². The summed E-state index contributed by atoms with van der Waals surface area (Å²) in [5, 5.41) is 7.20. The van der Waals surface area contributed by atoms with Gasteiger partial charge in [-0.1, -0.05) is 0 Å². The molecule has 10 aromatic rings. The van der Waals surface area contributed by atoms with Crippen LogP contribution in [0.25, 0.3) is 77.7 Å². The fraction of sp³-hybridized carbons (Fsp3) is 0. The van der Waals surface area contributed by atoms with Gasteiger partial charge in [0.15, 0.2) is 0 Å². The third kappa shape index (κ3) is 3.12. The zero-order valence-corrected chi connectivity index (χ0v) is 29.4. The number of hydrogen-bond acceptors (Lipinski definition) is 4. The molecule has 0 radical (unpaired) electrons. The van der Waals surface area contributed by atoms with Crippen molar-refractivity contribution in [1.29, 1.82) is 0 Å². The average molecular weight is 714 g/mol. The van der Waals surface area contributed by atoms with Gasteiger partial charge in [0.2, 0.25) is 0 Å². The number of fused-ring (bicyclic) bond motifs is 13. The molecule has 1 spiro atoms. The van der Waals surface area contributed by atoms with Crippen molar-refractivity contribution in [1.82, 2.24) is 17.0 Å². The monoisotopic (exact) mass is 715 g/mol. The van der Waals surface area contributed by atoms with Gasteiger partial charge in [-0.05, 0) is 0 Å². The van der Waals surface area contributed by atoms with Crippen molar-refractivity contribution < 1.29 is 4.42 Å². The number of hydrogen-bond donors (Lipinski definition) is 0. The normalized spacial score (nSPS) is 14.2. The van der Waals surface area contributed by atoms with Gasteiger partial charge < -0.3 is 0 Å². The molecule has 0 saturated heterocycles. The Bertz CT molecular complexity index is 3060. The van der Waals surface area contributed by atoms with Crippen LogP contribution in [0.2, 0.25) is 0 Å². The quantitative estimate of drug-likeness (QED) is 0.135. The Balaban J connectivity index is 1.29. The molecule has 51 heavy (non-hydrogen) atoms. The van der Waals surface area contributed by atoms with Gasteiger partial charge in [-0.2, -0.15) is 0 Å². The van der Waals surface area contributed by atoms with Crippen LogP contribution in [0.4, 0.5) is 17.6 Å². The van der Waals surface area contributed by atoms with Gasteiger partial charge in [0.25, 0.3) is 0 Å². The molecule has 0 unspecified atom stereocenters. The first-order valence-corrected chi connectivity index (χ1v) is 21.1. The molecule has 0 fully saturated rings. The summed E-state index contributed by atoms with van der Waals surface area (Å²) in [5.41, 5.74) is 9.02.